The topological polar surface area (TPSA) is 29.0 Å². The molecule has 2 heterocycles. The zero-order valence-corrected chi connectivity index (χ0v) is 14.8. The Morgan fingerprint density at radius 1 is 1.19 bits per heavy atom. The fraction of sp³-hybridized carbons (Fsp3) is 0.765. The van der Waals surface area contributed by atoms with E-state index in [0.29, 0.717) is 5.15 Å². The average molecular weight is 310 g/mol. The lowest BCUT2D eigenvalue weighted by Gasteiger charge is -2.34. The summed E-state index contributed by atoms with van der Waals surface area (Å²) in [5, 5.41) is 0.598. The lowest BCUT2D eigenvalue weighted by molar-refractivity contribution is 0.376. The van der Waals surface area contributed by atoms with Crippen molar-refractivity contribution in [2.45, 2.75) is 65.7 Å². The number of anilines is 1. The van der Waals surface area contributed by atoms with Crippen molar-refractivity contribution in [3.63, 3.8) is 0 Å². The first-order valence-corrected chi connectivity index (χ1v) is 8.50. The number of nitrogens with zero attached hydrogens (tertiary/aromatic N) is 3. The van der Waals surface area contributed by atoms with Crippen LogP contribution >= 0.6 is 11.6 Å². The van der Waals surface area contributed by atoms with Crippen LogP contribution in [0.2, 0.25) is 5.15 Å². The van der Waals surface area contributed by atoms with Crippen LogP contribution in [0.25, 0.3) is 0 Å². The molecule has 3 nitrogen and oxygen atoms in total. The molecule has 0 saturated carbocycles. The minimum Gasteiger partial charge on any atom is -0.356 e. The summed E-state index contributed by atoms with van der Waals surface area (Å²) in [6.07, 6.45) is 5.17. The molecule has 0 amide bonds. The van der Waals surface area contributed by atoms with Gasteiger partial charge in [0.15, 0.2) is 0 Å². The molecule has 21 heavy (non-hydrogen) atoms. The summed E-state index contributed by atoms with van der Waals surface area (Å²) in [6, 6.07) is 0. The molecular weight excluding hydrogens is 282 g/mol. The number of hydrogen-bond acceptors (Lipinski definition) is 3. The van der Waals surface area contributed by atoms with Gasteiger partial charge in [0.2, 0.25) is 0 Å². The van der Waals surface area contributed by atoms with Crippen molar-refractivity contribution in [2.75, 3.05) is 18.0 Å². The van der Waals surface area contributed by atoms with E-state index in [1.54, 1.807) is 0 Å². The first-order valence-electron chi connectivity index (χ1n) is 8.12. The molecule has 2 rings (SSSR count). The summed E-state index contributed by atoms with van der Waals surface area (Å²) in [4.78, 5) is 11.7. The Hall–Kier alpha value is -0.830. The molecule has 118 valence electrons. The van der Waals surface area contributed by atoms with Gasteiger partial charge < -0.3 is 4.90 Å². The summed E-state index contributed by atoms with van der Waals surface area (Å²) in [7, 11) is 0. The van der Waals surface area contributed by atoms with Crippen molar-refractivity contribution < 1.29 is 0 Å². The van der Waals surface area contributed by atoms with Crippen molar-refractivity contribution in [3.05, 3.63) is 16.5 Å². The van der Waals surface area contributed by atoms with Gasteiger partial charge in [-0.2, -0.15) is 0 Å². The van der Waals surface area contributed by atoms with Gasteiger partial charge in [-0.25, -0.2) is 9.97 Å². The van der Waals surface area contributed by atoms with Crippen LogP contribution in [0.4, 0.5) is 5.82 Å². The van der Waals surface area contributed by atoms with Gasteiger partial charge in [-0.05, 0) is 25.7 Å². The van der Waals surface area contributed by atoms with Crippen LogP contribution in [0.3, 0.4) is 0 Å². The van der Waals surface area contributed by atoms with Crippen LogP contribution in [0, 0.1) is 12.8 Å². The summed E-state index contributed by atoms with van der Waals surface area (Å²) < 4.78 is 0. The maximum absolute atomic E-state index is 6.34. The Morgan fingerprint density at radius 3 is 2.33 bits per heavy atom. The summed E-state index contributed by atoms with van der Waals surface area (Å²) in [6.45, 7) is 12.9. The van der Waals surface area contributed by atoms with E-state index >= 15 is 0 Å². The van der Waals surface area contributed by atoms with Gasteiger partial charge in [0.25, 0.3) is 0 Å². The third kappa shape index (κ3) is 3.88. The quantitative estimate of drug-likeness (QED) is 0.754. The molecule has 1 aliphatic heterocycles. The van der Waals surface area contributed by atoms with E-state index in [1.807, 2.05) is 6.92 Å². The van der Waals surface area contributed by atoms with E-state index in [9.17, 15) is 0 Å². The molecule has 1 aliphatic rings. The minimum atomic E-state index is -0.0768. The average Bonchev–Trinajstić information content (AvgIpc) is 2.42. The molecule has 0 unspecified atom stereocenters. The summed E-state index contributed by atoms with van der Waals surface area (Å²) in [5.74, 6) is 2.75. The van der Waals surface area contributed by atoms with Crippen molar-refractivity contribution in [3.8, 4) is 0 Å². The third-order valence-corrected chi connectivity index (χ3v) is 4.71. The second kappa shape index (κ2) is 6.51. The van der Waals surface area contributed by atoms with Crippen LogP contribution in [0.15, 0.2) is 0 Å². The van der Waals surface area contributed by atoms with E-state index in [0.717, 1.165) is 36.2 Å². The maximum atomic E-state index is 6.34. The lowest BCUT2D eigenvalue weighted by Crippen LogP contribution is -2.35. The first kappa shape index (κ1) is 16.5. The first-order chi connectivity index (χ1) is 9.82. The third-order valence-electron chi connectivity index (χ3n) is 4.34. The highest BCUT2D eigenvalue weighted by molar-refractivity contribution is 6.30. The molecule has 4 heteroatoms. The lowest BCUT2D eigenvalue weighted by atomic mass is 9.92. The molecule has 1 aromatic rings. The van der Waals surface area contributed by atoms with Gasteiger partial charge in [-0.3, -0.25) is 0 Å². The number of rotatable bonds is 3. The zero-order chi connectivity index (χ0) is 15.6. The monoisotopic (exact) mass is 309 g/mol. The summed E-state index contributed by atoms with van der Waals surface area (Å²) in [5.41, 5.74) is 0.936. The highest BCUT2D eigenvalue weighted by Crippen LogP contribution is 2.31. The van der Waals surface area contributed by atoms with Gasteiger partial charge >= 0.3 is 0 Å². The Labute approximate surface area is 134 Å². The Kier molecular flexibility index (Phi) is 5.13. The fourth-order valence-corrected chi connectivity index (χ4v) is 3.13. The van der Waals surface area contributed by atoms with Crippen LogP contribution in [-0.2, 0) is 5.41 Å². The van der Waals surface area contributed by atoms with E-state index in [2.05, 4.69) is 37.6 Å². The normalized spacial score (nSPS) is 17.3. The van der Waals surface area contributed by atoms with E-state index in [-0.39, 0.29) is 5.41 Å². The highest BCUT2D eigenvalue weighted by Gasteiger charge is 2.25. The van der Waals surface area contributed by atoms with Crippen molar-refractivity contribution in [1.82, 2.24) is 9.97 Å². The number of aromatic nitrogens is 2. The molecule has 1 aromatic heterocycles. The van der Waals surface area contributed by atoms with Gasteiger partial charge in [0, 0.05) is 24.1 Å². The molecular formula is C17H28ClN3. The zero-order valence-electron chi connectivity index (χ0n) is 14.0. The van der Waals surface area contributed by atoms with Crippen LogP contribution in [0.5, 0.6) is 0 Å². The molecule has 0 spiro atoms. The smallest absolute Gasteiger partial charge is 0.137 e. The van der Waals surface area contributed by atoms with Crippen LogP contribution in [0.1, 0.15) is 64.8 Å². The molecule has 1 fully saturated rings. The molecule has 0 atom stereocenters. The fourth-order valence-electron chi connectivity index (χ4n) is 2.96. The number of piperidine rings is 1. The Bertz CT molecular complexity index is 486. The Balaban J connectivity index is 2.22. The molecule has 1 saturated heterocycles. The standard InChI is InChI=1S/C17H28ClN3/c1-6-7-13-8-10-21(11-9-13)15-12(2)14(18)19-16(20-15)17(3,4)5/h13H,6-11H2,1-5H3. The van der Waals surface area contributed by atoms with Crippen molar-refractivity contribution in [1.29, 1.82) is 0 Å². The van der Waals surface area contributed by atoms with Crippen LogP contribution in [-0.4, -0.2) is 23.1 Å². The minimum absolute atomic E-state index is 0.0768. The van der Waals surface area contributed by atoms with E-state index < -0.39 is 0 Å². The largest absolute Gasteiger partial charge is 0.356 e. The Morgan fingerprint density at radius 2 is 1.81 bits per heavy atom. The number of hydrogen-bond donors (Lipinski definition) is 0. The second-order valence-electron chi connectivity index (χ2n) is 7.26. The van der Waals surface area contributed by atoms with Gasteiger partial charge in [-0.15, -0.1) is 0 Å². The molecule has 0 aromatic carbocycles. The predicted octanol–water partition coefficient (Wildman–Crippen LogP) is 4.75. The van der Waals surface area contributed by atoms with Gasteiger partial charge in [0.1, 0.15) is 16.8 Å². The van der Waals surface area contributed by atoms with Crippen molar-refractivity contribution in [2.24, 2.45) is 5.92 Å². The van der Waals surface area contributed by atoms with E-state index in [1.165, 1.54) is 25.7 Å². The molecule has 0 radical (unpaired) electrons. The van der Waals surface area contributed by atoms with Gasteiger partial charge in [0.05, 0.1) is 0 Å². The van der Waals surface area contributed by atoms with E-state index in [4.69, 9.17) is 16.6 Å². The van der Waals surface area contributed by atoms with Gasteiger partial charge in [-0.1, -0.05) is 52.1 Å². The number of halogens is 1. The predicted molar refractivity (Wildman–Crippen MR) is 90.3 cm³/mol. The summed E-state index contributed by atoms with van der Waals surface area (Å²) >= 11 is 6.34. The second-order valence-corrected chi connectivity index (χ2v) is 7.61. The maximum Gasteiger partial charge on any atom is 0.137 e. The molecule has 0 bridgehead atoms. The SMILES string of the molecule is CCCC1CCN(c2nc(C(C)(C)C)nc(Cl)c2C)CC1. The van der Waals surface area contributed by atoms with Crippen LogP contribution < -0.4 is 4.90 Å². The van der Waals surface area contributed by atoms with Crippen molar-refractivity contribution >= 4 is 17.4 Å². The molecule has 0 N–H and O–H groups in total. The molecule has 0 aliphatic carbocycles. The highest BCUT2D eigenvalue weighted by atomic mass is 35.5.